The molecule has 0 aliphatic carbocycles. The van der Waals surface area contributed by atoms with Crippen molar-refractivity contribution in [3.63, 3.8) is 0 Å². The third-order valence-corrected chi connectivity index (χ3v) is 3.22. The fourth-order valence-corrected chi connectivity index (χ4v) is 1.98. The Morgan fingerprint density at radius 2 is 2.05 bits per heavy atom. The lowest BCUT2D eigenvalue weighted by Gasteiger charge is -2.10. The standard InChI is InChI=1S/C14H11BrFNO2/c1-8-12(3-2-4-13(8)18)17-14(19)10-7-9(15)5-6-11(10)16/h2-7,18H,1H3,(H,17,19). The molecule has 0 unspecified atom stereocenters. The topological polar surface area (TPSA) is 49.3 Å². The lowest BCUT2D eigenvalue weighted by atomic mass is 10.1. The van der Waals surface area contributed by atoms with Crippen molar-refractivity contribution in [3.8, 4) is 5.75 Å². The summed E-state index contributed by atoms with van der Waals surface area (Å²) in [6.07, 6.45) is 0. The molecule has 0 fully saturated rings. The number of carbonyl (C=O) groups excluding carboxylic acids is 1. The number of phenols is 1. The molecular weight excluding hydrogens is 313 g/mol. The Bertz CT molecular complexity index is 643. The van der Waals surface area contributed by atoms with Gasteiger partial charge in [0, 0.05) is 15.7 Å². The molecule has 2 rings (SSSR count). The molecule has 0 aromatic heterocycles. The second-order valence-electron chi connectivity index (χ2n) is 4.03. The number of benzene rings is 2. The summed E-state index contributed by atoms with van der Waals surface area (Å²) in [7, 11) is 0. The number of amides is 1. The second kappa shape index (κ2) is 5.40. The number of anilines is 1. The maximum absolute atomic E-state index is 13.6. The summed E-state index contributed by atoms with van der Waals surface area (Å²) < 4.78 is 14.2. The van der Waals surface area contributed by atoms with Crippen molar-refractivity contribution in [2.24, 2.45) is 0 Å². The summed E-state index contributed by atoms with van der Waals surface area (Å²) in [5.41, 5.74) is 0.924. The summed E-state index contributed by atoms with van der Waals surface area (Å²) in [5, 5.41) is 12.1. The Balaban J connectivity index is 2.31. The number of halogens is 2. The summed E-state index contributed by atoms with van der Waals surface area (Å²) in [6, 6.07) is 8.91. The van der Waals surface area contributed by atoms with Gasteiger partial charge in [0.1, 0.15) is 11.6 Å². The van der Waals surface area contributed by atoms with Crippen LogP contribution >= 0.6 is 15.9 Å². The molecule has 0 aliphatic heterocycles. The van der Waals surface area contributed by atoms with Crippen LogP contribution in [0.1, 0.15) is 15.9 Å². The third-order valence-electron chi connectivity index (χ3n) is 2.73. The van der Waals surface area contributed by atoms with E-state index in [1.54, 1.807) is 19.1 Å². The first-order chi connectivity index (χ1) is 8.99. The molecule has 0 aliphatic rings. The highest BCUT2D eigenvalue weighted by molar-refractivity contribution is 9.10. The Hall–Kier alpha value is -1.88. The van der Waals surface area contributed by atoms with Gasteiger partial charge in [0.15, 0.2) is 0 Å². The molecule has 1 amide bonds. The molecule has 2 aromatic rings. The van der Waals surface area contributed by atoms with Crippen LogP contribution in [0.4, 0.5) is 10.1 Å². The van der Waals surface area contributed by atoms with Crippen molar-refractivity contribution < 1.29 is 14.3 Å². The van der Waals surface area contributed by atoms with E-state index in [4.69, 9.17) is 0 Å². The zero-order valence-electron chi connectivity index (χ0n) is 10.1. The van der Waals surface area contributed by atoms with Crippen molar-refractivity contribution in [2.75, 3.05) is 5.32 Å². The molecular formula is C14H11BrFNO2. The molecule has 0 spiro atoms. The van der Waals surface area contributed by atoms with Crippen LogP contribution in [0.3, 0.4) is 0 Å². The summed E-state index contributed by atoms with van der Waals surface area (Å²) in [6.45, 7) is 1.67. The average molecular weight is 324 g/mol. The van der Waals surface area contributed by atoms with Gasteiger partial charge >= 0.3 is 0 Å². The fourth-order valence-electron chi connectivity index (χ4n) is 1.62. The Morgan fingerprint density at radius 1 is 1.32 bits per heavy atom. The van der Waals surface area contributed by atoms with Gasteiger partial charge < -0.3 is 10.4 Å². The van der Waals surface area contributed by atoms with Crippen molar-refractivity contribution in [1.82, 2.24) is 0 Å². The zero-order valence-corrected chi connectivity index (χ0v) is 11.7. The minimum atomic E-state index is -0.599. The molecule has 0 heterocycles. The van der Waals surface area contributed by atoms with E-state index in [0.717, 1.165) is 0 Å². The molecule has 0 bridgehead atoms. The minimum Gasteiger partial charge on any atom is -0.508 e. The second-order valence-corrected chi connectivity index (χ2v) is 4.94. The van der Waals surface area contributed by atoms with Gasteiger partial charge in [-0.25, -0.2) is 4.39 Å². The lowest BCUT2D eigenvalue weighted by Crippen LogP contribution is -2.14. The summed E-state index contributed by atoms with van der Waals surface area (Å²) in [5.74, 6) is -1.08. The maximum atomic E-state index is 13.6. The van der Waals surface area contributed by atoms with Crippen LogP contribution in [0.2, 0.25) is 0 Å². The molecule has 19 heavy (non-hydrogen) atoms. The molecule has 3 nitrogen and oxygen atoms in total. The van der Waals surface area contributed by atoms with Gasteiger partial charge in [0.2, 0.25) is 0 Å². The first-order valence-electron chi connectivity index (χ1n) is 5.54. The van der Waals surface area contributed by atoms with Crippen LogP contribution in [-0.4, -0.2) is 11.0 Å². The molecule has 98 valence electrons. The van der Waals surface area contributed by atoms with E-state index in [1.807, 2.05) is 0 Å². The first kappa shape index (κ1) is 13.5. The number of rotatable bonds is 2. The predicted octanol–water partition coefficient (Wildman–Crippen LogP) is 3.85. The highest BCUT2D eigenvalue weighted by atomic mass is 79.9. The SMILES string of the molecule is Cc1c(O)cccc1NC(=O)c1cc(Br)ccc1F. The highest BCUT2D eigenvalue weighted by Gasteiger charge is 2.14. The van der Waals surface area contributed by atoms with Gasteiger partial charge in [0.25, 0.3) is 5.91 Å². The quantitative estimate of drug-likeness (QED) is 0.881. The molecule has 0 saturated heterocycles. The summed E-state index contributed by atoms with van der Waals surface area (Å²) >= 11 is 3.19. The van der Waals surface area contributed by atoms with Crippen LogP contribution in [0.15, 0.2) is 40.9 Å². The van der Waals surface area contributed by atoms with Crippen LogP contribution < -0.4 is 5.32 Å². The number of phenolic OH excluding ortho intramolecular Hbond substituents is 1. The Kier molecular flexibility index (Phi) is 3.85. The predicted molar refractivity (Wildman–Crippen MR) is 74.9 cm³/mol. The van der Waals surface area contributed by atoms with Gasteiger partial charge in [-0.05, 0) is 37.3 Å². The number of carbonyl (C=O) groups is 1. The van der Waals surface area contributed by atoms with E-state index >= 15 is 0 Å². The Morgan fingerprint density at radius 3 is 2.79 bits per heavy atom. The fraction of sp³-hybridized carbons (Fsp3) is 0.0714. The van der Waals surface area contributed by atoms with Crippen LogP contribution in [0.5, 0.6) is 5.75 Å². The third kappa shape index (κ3) is 2.93. The van der Waals surface area contributed by atoms with Gasteiger partial charge in [-0.3, -0.25) is 4.79 Å². The van der Waals surface area contributed by atoms with Gasteiger partial charge in [-0.1, -0.05) is 22.0 Å². The molecule has 5 heteroatoms. The van der Waals surface area contributed by atoms with Gasteiger partial charge in [-0.2, -0.15) is 0 Å². The van der Waals surface area contributed by atoms with Crippen molar-refractivity contribution >= 4 is 27.5 Å². The van der Waals surface area contributed by atoms with Crippen LogP contribution in [-0.2, 0) is 0 Å². The molecule has 0 saturated carbocycles. The normalized spacial score (nSPS) is 10.3. The summed E-state index contributed by atoms with van der Waals surface area (Å²) in [4.78, 5) is 12.0. The first-order valence-corrected chi connectivity index (χ1v) is 6.33. The van der Waals surface area contributed by atoms with Crippen molar-refractivity contribution in [3.05, 3.63) is 57.8 Å². The number of hydrogen-bond acceptors (Lipinski definition) is 2. The number of hydrogen-bond donors (Lipinski definition) is 2. The number of aromatic hydroxyl groups is 1. The average Bonchev–Trinajstić information content (AvgIpc) is 2.38. The van der Waals surface area contributed by atoms with E-state index in [-0.39, 0.29) is 11.3 Å². The van der Waals surface area contributed by atoms with E-state index in [0.29, 0.717) is 15.7 Å². The minimum absolute atomic E-state index is 0.0582. The van der Waals surface area contributed by atoms with E-state index in [1.165, 1.54) is 24.3 Å². The zero-order chi connectivity index (χ0) is 14.0. The van der Waals surface area contributed by atoms with Gasteiger partial charge in [0.05, 0.1) is 5.56 Å². The van der Waals surface area contributed by atoms with Crippen molar-refractivity contribution in [2.45, 2.75) is 6.92 Å². The van der Waals surface area contributed by atoms with E-state index < -0.39 is 11.7 Å². The highest BCUT2D eigenvalue weighted by Crippen LogP contribution is 2.25. The van der Waals surface area contributed by atoms with Crippen molar-refractivity contribution in [1.29, 1.82) is 0 Å². The largest absolute Gasteiger partial charge is 0.508 e. The number of nitrogens with one attached hydrogen (secondary N) is 1. The maximum Gasteiger partial charge on any atom is 0.258 e. The monoisotopic (exact) mass is 323 g/mol. The van der Waals surface area contributed by atoms with Gasteiger partial charge in [-0.15, -0.1) is 0 Å². The van der Waals surface area contributed by atoms with E-state index in [9.17, 15) is 14.3 Å². The molecule has 2 N–H and O–H groups in total. The van der Waals surface area contributed by atoms with Crippen LogP contribution in [0, 0.1) is 12.7 Å². The van der Waals surface area contributed by atoms with E-state index in [2.05, 4.69) is 21.2 Å². The molecule has 2 aromatic carbocycles. The smallest absolute Gasteiger partial charge is 0.258 e. The molecule has 0 atom stereocenters. The molecule has 0 radical (unpaired) electrons. The van der Waals surface area contributed by atoms with Crippen LogP contribution in [0.25, 0.3) is 0 Å². The Labute approximate surface area is 118 Å². The lowest BCUT2D eigenvalue weighted by molar-refractivity contribution is 0.102.